The van der Waals surface area contributed by atoms with E-state index in [1.54, 1.807) is 13.0 Å². The zero-order chi connectivity index (χ0) is 22.4. The lowest BCUT2D eigenvalue weighted by molar-refractivity contribution is 0.584. The van der Waals surface area contributed by atoms with Crippen LogP contribution in [0.1, 0.15) is 18.5 Å². The van der Waals surface area contributed by atoms with Crippen molar-refractivity contribution in [1.82, 2.24) is 24.3 Å². The molecule has 5 rings (SSSR count). The maximum Gasteiger partial charge on any atom is 0.263 e. The van der Waals surface area contributed by atoms with Crippen molar-refractivity contribution >= 4 is 22.5 Å². The van der Waals surface area contributed by atoms with Crippen LogP contribution in [0.15, 0.2) is 60.0 Å². The predicted molar refractivity (Wildman–Crippen MR) is 113 cm³/mol. The maximum atomic E-state index is 14.0. The second-order valence-corrected chi connectivity index (χ2v) is 7.27. The van der Waals surface area contributed by atoms with Crippen LogP contribution in [-0.4, -0.2) is 24.3 Å². The van der Waals surface area contributed by atoms with Crippen molar-refractivity contribution in [2.24, 2.45) is 0 Å². The monoisotopic (exact) mass is 436 g/mol. The van der Waals surface area contributed by atoms with Gasteiger partial charge in [0.25, 0.3) is 5.56 Å². The van der Waals surface area contributed by atoms with Crippen LogP contribution in [0, 0.1) is 17.5 Å². The SMILES string of the molecule is CC(Nc1ncnc2[nH]cnc12)c1cc2ccc(F)cn2c(=O)c1-c1cc(F)cc(F)c1. The average Bonchev–Trinajstić information content (AvgIpc) is 3.23. The Morgan fingerprint density at radius 2 is 1.78 bits per heavy atom. The molecule has 5 aromatic rings. The minimum Gasteiger partial charge on any atom is -0.362 e. The summed E-state index contributed by atoms with van der Waals surface area (Å²) >= 11 is 0. The van der Waals surface area contributed by atoms with Gasteiger partial charge in [-0.25, -0.2) is 28.1 Å². The van der Waals surface area contributed by atoms with Gasteiger partial charge in [-0.2, -0.15) is 0 Å². The van der Waals surface area contributed by atoms with E-state index in [0.29, 0.717) is 28.1 Å². The van der Waals surface area contributed by atoms with Gasteiger partial charge in [0, 0.05) is 17.8 Å². The zero-order valence-electron chi connectivity index (χ0n) is 16.6. The number of nitrogens with one attached hydrogen (secondary N) is 2. The van der Waals surface area contributed by atoms with E-state index in [9.17, 15) is 18.0 Å². The molecule has 160 valence electrons. The summed E-state index contributed by atoms with van der Waals surface area (Å²) in [7, 11) is 0. The van der Waals surface area contributed by atoms with Crippen molar-refractivity contribution in [3.8, 4) is 11.1 Å². The van der Waals surface area contributed by atoms with E-state index in [1.165, 1.54) is 24.8 Å². The lowest BCUT2D eigenvalue weighted by Crippen LogP contribution is -2.21. The Hall–Kier alpha value is -4.21. The van der Waals surface area contributed by atoms with E-state index in [1.807, 2.05) is 0 Å². The van der Waals surface area contributed by atoms with Crippen molar-refractivity contribution in [2.75, 3.05) is 5.32 Å². The number of halogens is 3. The van der Waals surface area contributed by atoms with E-state index in [-0.39, 0.29) is 11.1 Å². The number of pyridine rings is 2. The molecule has 1 unspecified atom stereocenters. The molecule has 0 bridgehead atoms. The van der Waals surface area contributed by atoms with E-state index in [2.05, 4.69) is 25.3 Å². The van der Waals surface area contributed by atoms with Crippen molar-refractivity contribution < 1.29 is 13.2 Å². The Morgan fingerprint density at radius 3 is 2.56 bits per heavy atom. The average molecular weight is 436 g/mol. The van der Waals surface area contributed by atoms with Gasteiger partial charge >= 0.3 is 0 Å². The molecule has 0 aliphatic heterocycles. The summed E-state index contributed by atoms with van der Waals surface area (Å²) in [5.74, 6) is -1.86. The summed E-state index contributed by atoms with van der Waals surface area (Å²) in [6.07, 6.45) is 3.87. The smallest absolute Gasteiger partial charge is 0.263 e. The van der Waals surface area contributed by atoms with Crippen molar-refractivity contribution in [3.05, 3.63) is 88.6 Å². The fourth-order valence-electron chi connectivity index (χ4n) is 3.74. The summed E-state index contributed by atoms with van der Waals surface area (Å²) in [4.78, 5) is 28.7. The highest BCUT2D eigenvalue weighted by Crippen LogP contribution is 2.30. The summed E-state index contributed by atoms with van der Waals surface area (Å²) in [5.41, 5.74) is 1.38. The topological polar surface area (TPSA) is 88.0 Å². The third kappa shape index (κ3) is 3.35. The van der Waals surface area contributed by atoms with Crippen LogP contribution in [0.4, 0.5) is 19.0 Å². The number of aromatic nitrogens is 5. The lowest BCUT2D eigenvalue weighted by atomic mass is 9.96. The minimum atomic E-state index is -0.829. The second kappa shape index (κ2) is 7.49. The number of imidazole rings is 1. The van der Waals surface area contributed by atoms with E-state index >= 15 is 0 Å². The van der Waals surface area contributed by atoms with Crippen LogP contribution in [-0.2, 0) is 0 Å². The van der Waals surface area contributed by atoms with E-state index < -0.39 is 29.1 Å². The molecule has 4 aromatic heterocycles. The summed E-state index contributed by atoms with van der Waals surface area (Å²) in [6, 6.07) is 6.68. The molecule has 1 aromatic carbocycles. The predicted octanol–water partition coefficient (Wildman–Crippen LogP) is 4.22. The standard InChI is InChI=1S/C22H15F3N6O/c1-11(30-21-19-20(27-9-26-19)28-10-29-21)17-7-16-3-2-13(23)8-31(16)22(32)18(17)12-4-14(24)6-15(25)5-12/h2-11H,1H3,(H2,26,27,28,29,30). The van der Waals surface area contributed by atoms with Crippen LogP contribution in [0.25, 0.3) is 27.8 Å². The Bertz CT molecular complexity index is 1520. The van der Waals surface area contributed by atoms with Gasteiger partial charge in [-0.05, 0) is 48.4 Å². The van der Waals surface area contributed by atoms with Crippen LogP contribution >= 0.6 is 0 Å². The van der Waals surface area contributed by atoms with Crippen LogP contribution in [0.3, 0.4) is 0 Å². The highest BCUT2D eigenvalue weighted by Gasteiger charge is 2.21. The molecule has 0 aliphatic carbocycles. The molecule has 0 saturated heterocycles. The Kier molecular flexibility index (Phi) is 4.62. The van der Waals surface area contributed by atoms with Gasteiger partial charge < -0.3 is 10.3 Å². The number of fused-ring (bicyclic) bond motifs is 2. The molecule has 0 radical (unpaired) electrons. The Balaban J connectivity index is 1.73. The third-order valence-corrected chi connectivity index (χ3v) is 5.16. The number of hydrogen-bond acceptors (Lipinski definition) is 5. The number of anilines is 1. The molecule has 0 aliphatic rings. The first-order valence-electron chi connectivity index (χ1n) is 9.62. The molecule has 0 spiro atoms. The number of H-pyrrole nitrogens is 1. The van der Waals surface area contributed by atoms with Crippen LogP contribution in [0.2, 0.25) is 0 Å². The van der Waals surface area contributed by atoms with Gasteiger partial charge in [0.05, 0.1) is 17.9 Å². The normalized spacial score (nSPS) is 12.4. The Morgan fingerprint density at radius 1 is 1.00 bits per heavy atom. The van der Waals surface area contributed by atoms with Crippen LogP contribution < -0.4 is 10.9 Å². The first kappa shape index (κ1) is 19.7. The number of nitrogens with zero attached hydrogens (tertiary/aromatic N) is 4. The van der Waals surface area contributed by atoms with Gasteiger partial charge in [-0.15, -0.1) is 0 Å². The first-order valence-corrected chi connectivity index (χ1v) is 9.62. The largest absolute Gasteiger partial charge is 0.362 e. The molecule has 0 amide bonds. The quantitative estimate of drug-likeness (QED) is 0.440. The zero-order valence-corrected chi connectivity index (χ0v) is 16.6. The van der Waals surface area contributed by atoms with Gasteiger partial charge in [0.2, 0.25) is 0 Å². The highest BCUT2D eigenvalue weighted by atomic mass is 19.1. The fourth-order valence-corrected chi connectivity index (χ4v) is 3.74. The number of benzene rings is 1. The first-order chi connectivity index (χ1) is 15.4. The number of hydrogen-bond donors (Lipinski definition) is 2. The summed E-state index contributed by atoms with van der Waals surface area (Å²) in [5, 5.41) is 3.19. The Labute approximate surface area is 178 Å². The number of rotatable bonds is 4. The molecular formula is C22H15F3N6O. The second-order valence-electron chi connectivity index (χ2n) is 7.27. The molecule has 0 saturated carbocycles. The molecule has 0 fully saturated rings. The molecule has 4 heterocycles. The molecule has 32 heavy (non-hydrogen) atoms. The van der Waals surface area contributed by atoms with Gasteiger partial charge in [-0.1, -0.05) is 0 Å². The molecule has 10 heteroatoms. The van der Waals surface area contributed by atoms with Crippen LogP contribution in [0.5, 0.6) is 0 Å². The molecule has 7 nitrogen and oxygen atoms in total. The van der Waals surface area contributed by atoms with Gasteiger partial charge in [0.1, 0.15) is 29.3 Å². The minimum absolute atomic E-state index is 0.0406. The van der Waals surface area contributed by atoms with Crippen molar-refractivity contribution in [3.63, 3.8) is 0 Å². The maximum absolute atomic E-state index is 14.0. The molecule has 2 N–H and O–H groups in total. The molecular weight excluding hydrogens is 421 g/mol. The van der Waals surface area contributed by atoms with E-state index in [0.717, 1.165) is 28.8 Å². The fraction of sp³-hybridized carbons (Fsp3) is 0.0909. The lowest BCUT2D eigenvalue weighted by Gasteiger charge is -2.20. The van der Waals surface area contributed by atoms with Gasteiger partial charge in [0.15, 0.2) is 11.5 Å². The number of aromatic amines is 1. The molecule has 1 atom stereocenters. The summed E-state index contributed by atoms with van der Waals surface area (Å²) < 4.78 is 42.9. The van der Waals surface area contributed by atoms with E-state index in [4.69, 9.17) is 0 Å². The highest BCUT2D eigenvalue weighted by molar-refractivity contribution is 5.82. The van der Waals surface area contributed by atoms with Gasteiger partial charge in [-0.3, -0.25) is 9.20 Å². The summed E-state index contributed by atoms with van der Waals surface area (Å²) in [6.45, 7) is 1.77. The third-order valence-electron chi connectivity index (χ3n) is 5.16. The van der Waals surface area contributed by atoms with Crippen molar-refractivity contribution in [2.45, 2.75) is 13.0 Å². The van der Waals surface area contributed by atoms with Crippen molar-refractivity contribution in [1.29, 1.82) is 0 Å².